The van der Waals surface area contributed by atoms with Gasteiger partial charge < -0.3 is 0 Å². The first-order valence-corrected chi connectivity index (χ1v) is 17.6. The summed E-state index contributed by atoms with van der Waals surface area (Å²) in [5.41, 5.74) is 3.05. The third-order valence-corrected chi connectivity index (χ3v) is 13.3. The molecule has 1 aromatic rings. The molecule has 4 aliphatic carbocycles. The van der Waals surface area contributed by atoms with Crippen molar-refractivity contribution in [2.75, 3.05) is 0 Å². The second-order valence-corrected chi connectivity index (χ2v) is 17.1. The molecule has 0 saturated heterocycles. The van der Waals surface area contributed by atoms with E-state index in [0.29, 0.717) is 16.2 Å². The van der Waals surface area contributed by atoms with Crippen LogP contribution in [0.1, 0.15) is 150 Å². The fourth-order valence-corrected chi connectivity index (χ4v) is 11.3. The third-order valence-electron chi connectivity index (χ3n) is 13.3. The van der Waals surface area contributed by atoms with Crippen molar-refractivity contribution in [3.05, 3.63) is 35.9 Å². The molecule has 220 valence electrons. The van der Waals surface area contributed by atoms with E-state index in [1.54, 1.807) is 5.56 Å². The van der Waals surface area contributed by atoms with Crippen molar-refractivity contribution >= 4 is 0 Å². The summed E-state index contributed by atoms with van der Waals surface area (Å²) in [7, 11) is 0. The molecule has 0 amide bonds. The lowest BCUT2D eigenvalue weighted by molar-refractivity contribution is 0.0190. The summed E-state index contributed by atoms with van der Waals surface area (Å²) < 4.78 is 0. The van der Waals surface area contributed by atoms with Gasteiger partial charge in [-0.1, -0.05) is 117 Å². The van der Waals surface area contributed by atoms with E-state index in [1.165, 1.54) is 96.3 Å². The highest BCUT2D eigenvalue weighted by Gasteiger charge is 2.62. The van der Waals surface area contributed by atoms with Crippen LogP contribution >= 0.6 is 0 Å². The minimum Gasteiger partial charge on any atom is -0.0654 e. The van der Waals surface area contributed by atoms with E-state index in [9.17, 15) is 0 Å². The number of rotatable bonds is 8. The van der Waals surface area contributed by atoms with Crippen molar-refractivity contribution in [2.45, 2.75) is 150 Å². The van der Waals surface area contributed by atoms with E-state index in [4.69, 9.17) is 0 Å². The predicted octanol–water partition coefficient (Wildman–Crippen LogP) is 11.9. The van der Waals surface area contributed by atoms with Crippen LogP contribution in [0.3, 0.4) is 0 Å². The Morgan fingerprint density at radius 2 is 1.13 bits per heavy atom. The van der Waals surface area contributed by atoms with Gasteiger partial charge in [0.1, 0.15) is 0 Å². The Hall–Kier alpha value is -0.780. The van der Waals surface area contributed by atoms with Gasteiger partial charge in [-0.3, -0.25) is 0 Å². The Morgan fingerprint density at radius 1 is 0.590 bits per heavy atom. The van der Waals surface area contributed by atoms with E-state index in [-0.39, 0.29) is 0 Å². The lowest BCUT2D eigenvalue weighted by atomic mass is 9.51. The van der Waals surface area contributed by atoms with Gasteiger partial charge >= 0.3 is 0 Å². The van der Waals surface area contributed by atoms with Crippen molar-refractivity contribution in [2.24, 2.45) is 58.2 Å². The Balaban J connectivity index is 1.64. The Labute approximate surface area is 243 Å². The molecule has 7 atom stereocenters. The minimum atomic E-state index is 0.396. The molecule has 4 fully saturated rings. The molecular formula is C39H64. The molecule has 0 spiro atoms. The number of fused-ring (bicyclic) bond motifs is 3. The van der Waals surface area contributed by atoms with Gasteiger partial charge in [0, 0.05) is 5.41 Å². The second kappa shape index (κ2) is 11.8. The van der Waals surface area contributed by atoms with Crippen LogP contribution in [0.5, 0.6) is 0 Å². The standard InChI is InChI=1S/C39H64/c1-8-9-10-16-25-39(29-19-14-15-20-29,28-17-12-11-13-18-28)36-34-26-30(37(2,3)4)21-23-32(34)33-24-22-31(27-35(33)36)38(5,6)7/h11-13,17-18,29-36H,8-10,14-16,19-27H2,1-7H3. The van der Waals surface area contributed by atoms with E-state index in [0.717, 1.165) is 47.3 Å². The fourth-order valence-electron chi connectivity index (χ4n) is 11.3. The van der Waals surface area contributed by atoms with Gasteiger partial charge in [0.15, 0.2) is 0 Å². The molecule has 0 heterocycles. The summed E-state index contributed by atoms with van der Waals surface area (Å²) in [5.74, 6) is 7.49. The monoisotopic (exact) mass is 533 g/mol. The van der Waals surface area contributed by atoms with Crippen LogP contribution in [0, 0.1) is 58.2 Å². The Bertz CT molecular complexity index is 854. The Morgan fingerprint density at radius 3 is 1.62 bits per heavy atom. The normalized spacial score (nSPS) is 35.4. The number of unbranched alkanes of at least 4 members (excludes halogenated alkanes) is 3. The van der Waals surface area contributed by atoms with Gasteiger partial charge in [0.2, 0.25) is 0 Å². The number of hydrogen-bond acceptors (Lipinski definition) is 0. The average Bonchev–Trinajstić information content (AvgIpc) is 3.55. The molecule has 0 aliphatic heterocycles. The first-order valence-electron chi connectivity index (χ1n) is 17.6. The van der Waals surface area contributed by atoms with Crippen molar-refractivity contribution in [3.8, 4) is 0 Å². The second-order valence-electron chi connectivity index (χ2n) is 17.1. The zero-order chi connectivity index (χ0) is 27.8. The maximum atomic E-state index is 2.61. The lowest BCUT2D eigenvalue weighted by Gasteiger charge is -2.53. The fraction of sp³-hybridized carbons (Fsp3) is 0.846. The van der Waals surface area contributed by atoms with Crippen molar-refractivity contribution in [1.29, 1.82) is 0 Å². The van der Waals surface area contributed by atoms with Crippen LogP contribution in [0.25, 0.3) is 0 Å². The van der Waals surface area contributed by atoms with Gasteiger partial charge in [-0.05, 0) is 122 Å². The van der Waals surface area contributed by atoms with E-state index < -0.39 is 0 Å². The minimum absolute atomic E-state index is 0.396. The van der Waals surface area contributed by atoms with Crippen molar-refractivity contribution in [3.63, 3.8) is 0 Å². The highest BCUT2D eigenvalue weighted by molar-refractivity contribution is 5.31. The highest BCUT2D eigenvalue weighted by Crippen LogP contribution is 2.68. The number of hydrogen-bond donors (Lipinski definition) is 0. The van der Waals surface area contributed by atoms with Crippen LogP contribution in [0.2, 0.25) is 0 Å². The summed E-state index contributed by atoms with van der Waals surface area (Å²) in [4.78, 5) is 0. The first-order chi connectivity index (χ1) is 18.6. The lowest BCUT2D eigenvalue weighted by Crippen LogP contribution is -2.48. The van der Waals surface area contributed by atoms with Gasteiger partial charge in [0.05, 0.1) is 0 Å². The molecule has 7 unspecified atom stereocenters. The van der Waals surface area contributed by atoms with Crippen LogP contribution < -0.4 is 0 Å². The molecule has 4 aliphatic rings. The Kier molecular flexibility index (Phi) is 9.02. The van der Waals surface area contributed by atoms with E-state index in [2.05, 4.69) is 78.8 Å². The molecule has 0 bridgehead atoms. The van der Waals surface area contributed by atoms with E-state index in [1.807, 2.05) is 0 Å². The average molecular weight is 533 g/mol. The molecule has 5 rings (SSSR count). The van der Waals surface area contributed by atoms with Crippen molar-refractivity contribution < 1.29 is 0 Å². The van der Waals surface area contributed by atoms with Gasteiger partial charge in [0.25, 0.3) is 0 Å². The number of benzene rings is 1. The van der Waals surface area contributed by atoms with Crippen LogP contribution in [0.15, 0.2) is 30.3 Å². The van der Waals surface area contributed by atoms with Crippen LogP contribution in [-0.2, 0) is 5.41 Å². The molecule has 0 radical (unpaired) electrons. The van der Waals surface area contributed by atoms with Gasteiger partial charge in [-0.25, -0.2) is 0 Å². The maximum absolute atomic E-state index is 2.61. The van der Waals surface area contributed by atoms with Crippen LogP contribution in [0.4, 0.5) is 0 Å². The molecule has 0 nitrogen and oxygen atoms in total. The first kappa shape index (κ1) is 29.7. The summed E-state index contributed by atoms with van der Waals surface area (Å²) in [5, 5.41) is 0. The van der Waals surface area contributed by atoms with Crippen LogP contribution in [-0.4, -0.2) is 0 Å². The summed E-state index contributed by atoms with van der Waals surface area (Å²) in [6.07, 6.45) is 22.1. The summed E-state index contributed by atoms with van der Waals surface area (Å²) in [6, 6.07) is 12.3. The summed E-state index contributed by atoms with van der Waals surface area (Å²) in [6.45, 7) is 17.7. The molecule has 0 heteroatoms. The molecule has 4 saturated carbocycles. The van der Waals surface area contributed by atoms with Gasteiger partial charge in [-0.15, -0.1) is 0 Å². The van der Waals surface area contributed by atoms with Crippen molar-refractivity contribution in [1.82, 2.24) is 0 Å². The quantitative estimate of drug-likeness (QED) is 0.292. The smallest absolute Gasteiger partial charge is 0.00149 e. The topological polar surface area (TPSA) is 0 Å². The third kappa shape index (κ3) is 5.80. The summed E-state index contributed by atoms with van der Waals surface area (Å²) >= 11 is 0. The zero-order valence-corrected chi connectivity index (χ0v) is 27.1. The van der Waals surface area contributed by atoms with E-state index >= 15 is 0 Å². The zero-order valence-electron chi connectivity index (χ0n) is 27.1. The largest absolute Gasteiger partial charge is 0.0654 e. The molecule has 0 aromatic heterocycles. The molecular weight excluding hydrogens is 468 g/mol. The molecule has 39 heavy (non-hydrogen) atoms. The van der Waals surface area contributed by atoms with Gasteiger partial charge in [-0.2, -0.15) is 0 Å². The molecule has 1 aromatic carbocycles. The predicted molar refractivity (Wildman–Crippen MR) is 170 cm³/mol. The SMILES string of the molecule is CCCCCCC(c1ccccc1)(C1CCCC1)C1C2CC(C(C)(C)C)CCC2C2CCC(C(C)(C)C)CC21. The highest BCUT2D eigenvalue weighted by atomic mass is 14.7. The molecule has 0 N–H and O–H groups in total. The maximum Gasteiger partial charge on any atom is 0.00149 e.